The number of ether oxygens (including phenoxy) is 1. The Hall–Kier alpha value is -1.56. The summed E-state index contributed by atoms with van der Waals surface area (Å²) in [6, 6.07) is 0. The molecule has 0 atom stereocenters. The third kappa shape index (κ3) is 3.97. The zero-order valence-corrected chi connectivity index (χ0v) is 13.3. The molecule has 1 fully saturated rings. The Morgan fingerprint density at radius 3 is 2.71 bits per heavy atom. The summed E-state index contributed by atoms with van der Waals surface area (Å²) in [5.41, 5.74) is 2.02. The van der Waals surface area contributed by atoms with Crippen LogP contribution in [0.1, 0.15) is 36.9 Å². The van der Waals surface area contributed by atoms with E-state index in [1.54, 1.807) is 11.8 Å². The number of nitrogens with zero attached hydrogens (tertiary/aromatic N) is 3. The lowest BCUT2D eigenvalue weighted by molar-refractivity contribution is -0.131. The molecule has 0 saturated carbocycles. The Morgan fingerprint density at radius 2 is 2.05 bits per heavy atom. The van der Waals surface area contributed by atoms with Crippen LogP contribution in [0.3, 0.4) is 0 Å². The number of nitrogens with one attached hydrogen (secondary N) is 1. The maximum absolute atomic E-state index is 12.0. The van der Waals surface area contributed by atoms with Crippen molar-refractivity contribution >= 4 is 5.91 Å². The molecule has 0 unspecified atom stereocenters. The normalized spacial score (nSPS) is 15.3. The Balaban J connectivity index is 1.75. The maximum atomic E-state index is 12.0. The van der Waals surface area contributed by atoms with E-state index in [1.807, 2.05) is 18.9 Å². The fourth-order valence-corrected chi connectivity index (χ4v) is 2.85. The first-order valence-electron chi connectivity index (χ1n) is 7.68. The number of rotatable bonds is 6. The van der Waals surface area contributed by atoms with Crippen molar-refractivity contribution in [2.24, 2.45) is 7.05 Å². The number of aromatic nitrogens is 2. The summed E-state index contributed by atoms with van der Waals surface area (Å²) < 4.78 is 7.10. The van der Waals surface area contributed by atoms with E-state index in [4.69, 9.17) is 4.74 Å². The van der Waals surface area contributed by atoms with Gasteiger partial charge in [-0.3, -0.25) is 4.79 Å². The molecule has 2 rings (SSSR count). The van der Waals surface area contributed by atoms with Crippen LogP contribution < -0.4 is 10.1 Å². The van der Waals surface area contributed by atoms with Crippen LogP contribution in [0.25, 0.3) is 0 Å². The average Bonchev–Trinajstić information content (AvgIpc) is 2.77. The summed E-state index contributed by atoms with van der Waals surface area (Å²) in [7, 11) is 3.52. The van der Waals surface area contributed by atoms with Gasteiger partial charge in [0.15, 0.2) is 0 Å². The molecular weight excluding hydrogens is 268 g/mol. The molecule has 1 aromatic heterocycles. The molecule has 1 amide bonds. The number of aryl methyl sites for hydroxylation is 2. The molecule has 1 aliphatic heterocycles. The largest absolute Gasteiger partial charge is 0.481 e. The van der Waals surface area contributed by atoms with Gasteiger partial charge >= 0.3 is 0 Å². The van der Waals surface area contributed by atoms with Crippen LogP contribution in [0.5, 0.6) is 5.88 Å². The van der Waals surface area contributed by atoms with Gasteiger partial charge in [-0.25, -0.2) is 4.68 Å². The van der Waals surface area contributed by atoms with Crippen LogP contribution in [0.4, 0.5) is 0 Å². The number of amides is 1. The molecule has 21 heavy (non-hydrogen) atoms. The van der Waals surface area contributed by atoms with Crippen LogP contribution >= 0.6 is 0 Å². The molecule has 0 aliphatic carbocycles. The number of piperidine rings is 1. The minimum atomic E-state index is 0.261. The minimum Gasteiger partial charge on any atom is -0.481 e. The molecule has 1 aliphatic rings. The topological polar surface area (TPSA) is 59.4 Å². The Labute approximate surface area is 126 Å². The highest BCUT2D eigenvalue weighted by molar-refractivity contribution is 5.76. The third-order valence-electron chi connectivity index (χ3n) is 4.01. The standard InChI is InChI=1S/C15H26N4O2/c1-12-13(15(21-3)18(2)17-12)11-16-8-7-14(20)19-9-5-4-6-10-19/h16H,4-11H2,1-3H3. The highest BCUT2D eigenvalue weighted by atomic mass is 16.5. The predicted molar refractivity (Wildman–Crippen MR) is 81.3 cm³/mol. The second-order valence-corrected chi connectivity index (χ2v) is 5.57. The second-order valence-electron chi connectivity index (χ2n) is 5.57. The van der Waals surface area contributed by atoms with E-state index in [2.05, 4.69) is 10.4 Å². The van der Waals surface area contributed by atoms with E-state index in [0.717, 1.165) is 43.1 Å². The van der Waals surface area contributed by atoms with E-state index in [1.165, 1.54) is 6.42 Å². The third-order valence-corrected chi connectivity index (χ3v) is 4.01. The molecule has 6 heteroatoms. The first kappa shape index (κ1) is 15.8. The average molecular weight is 294 g/mol. The minimum absolute atomic E-state index is 0.261. The predicted octanol–water partition coefficient (Wildman–Crippen LogP) is 1.23. The Kier molecular flexibility index (Phi) is 5.61. The molecule has 6 nitrogen and oxygen atoms in total. The molecule has 1 aromatic rings. The number of hydrogen-bond acceptors (Lipinski definition) is 4. The fourth-order valence-electron chi connectivity index (χ4n) is 2.85. The van der Waals surface area contributed by atoms with Crippen LogP contribution in [0.15, 0.2) is 0 Å². The lowest BCUT2D eigenvalue weighted by atomic mass is 10.1. The number of carbonyl (C=O) groups excluding carboxylic acids is 1. The summed E-state index contributed by atoms with van der Waals surface area (Å²) >= 11 is 0. The van der Waals surface area contributed by atoms with E-state index in [9.17, 15) is 4.79 Å². The number of likely N-dealkylation sites (tertiary alicyclic amines) is 1. The summed E-state index contributed by atoms with van der Waals surface area (Å²) in [5.74, 6) is 1.04. The first-order chi connectivity index (χ1) is 10.1. The fraction of sp³-hybridized carbons (Fsp3) is 0.733. The Morgan fingerprint density at radius 1 is 1.33 bits per heavy atom. The second kappa shape index (κ2) is 7.45. The number of carbonyl (C=O) groups is 1. The molecule has 2 heterocycles. The summed E-state index contributed by atoms with van der Waals surface area (Å²) in [5, 5.41) is 7.67. The van der Waals surface area contributed by atoms with Gasteiger partial charge in [-0.2, -0.15) is 5.10 Å². The van der Waals surface area contributed by atoms with Gasteiger partial charge < -0.3 is 15.0 Å². The molecule has 0 aromatic carbocycles. The highest BCUT2D eigenvalue weighted by Gasteiger charge is 2.16. The molecule has 1 N–H and O–H groups in total. The highest BCUT2D eigenvalue weighted by Crippen LogP contribution is 2.20. The first-order valence-corrected chi connectivity index (χ1v) is 7.68. The van der Waals surface area contributed by atoms with Crippen molar-refractivity contribution in [2.45, 2.75) is 39.2 Å². The molecule has 0 radical (unpaired) electrons. The molecule has 1 saturated heterocycles. The van der Waals surface area contributed by atoms with Crippen molar-refractivity contribution in [1.29, 1.82) is 0 Å². The lowest BCUT2D eigenvalue weighted by Gasteiger charge is -2.26. The lowest BCUT2D eigenvalue weighted by Crippen LogP contribution is -2.37. The van der Waals surface area contributed by atoms with Crippen molar-refractivity contribution < 1.29 is 9.53 Å². The monoisotopic (exact) mass is 294 g/mol. The van der Waals surface area contributed by atoms with Gasteiger partial charge in [-0.1, -0.05) is 0 Å². The summed E-state index contributed by atoms with van der Waals surface area (Å²) in [6.07, 6.45) is 4.10. The quantitative estimate of drug-likeness (QED) is 0.802. The van der Waals surface area contributed by atoms with E-state index < -0.39 is 0 Å². The van der Waals surface area contributed by atoms with Crippen molar-refractivity contribution in [3.05, 3.63) is 11.3 Å². The van der Waals surface area contributed by atoms with Crippen molar-refractivity contribution in [3.63, 3.8) is 0 Å². The van der Waals surface area contributed by atoms with Crippen molar-refractivity contribution in [1.82, 2.24) is 20.0 Å². The van der Waals surface area contributed by atoms with Gasteiger partial charge in [-0.15, -0.1) is 0 Å². The van der Waals surface area contributed by atoms with Crippen LogP contribution in [-0.4, -0.2) is 47.3 Å². The van der Waals surface area contributed by atoms with Crippen LogP contribution in [-0.2, 0) is 18.4 Å². The zero-order chi connectivity index (χ0) is 15.2. The van der Waals surface area contributed by atoms with Gasteiger partial charge in [0.1, 0.15) is 0 Å². The van der Waals surface area contributed by atoms with Crippen molar-refractivity contribution in [3.8, 4) is 5.88 Å². The van der Waals surface area contributed by atoms with E-state index in [-0.39, 0.29) is 5.91 Å². The van der Waals surface area contributed by atoms with Gasteiger partial charge in [0, 0.05) is 39.6 Å². The van der Waals surface area contributed by atoms with Crippen molar-refractivity contribution in [2.75, 3.05) is 26.7 Å². The molecular formula is C15H26N4O2. The summed E-state index contributed by atoms with van der Waals surface area (Å²) in [4.78, 5) is 14.0. The van der Waals surface area contributed by atoms with Gasteiger partial charge in [0.2, 0.25) is 11.8 Å². The van der Waals surface area contributed by atoms with Crippen LogP contribution in [0.2, 0.25) is 0 Å². The van der Waals surface area contributed by atoms with E-state index in [0.29, 0.717) is 19.5 Å². The van der Waals surface area contributed by atoms with Crippen LogP contribution in [0, 0.1) is 6.92 Å². The summed E-state index contributed by atoms with van der Waals surface area (Å²) in [6.45, 7) is 5.18. The number of methoxy groups -OCH3 is 1. The maximum Gasteiger partial charge on any atom is 0.223 e. The SMILES string of the molecule is COc1c(CNCCC(=O)N2CCCCC2)c(C)nn1C. The Bertz CT molecular complexity index is 478. The van der Waals surface area contributed by atoms with Gasteiger partial charge in [0.05, 0.1) is 18.4 Å². The molecule has 0 bridgehead atoms. The molecule has 0 spiro atoms. The molecule has 118 valence electrons. The van der Waals surface area contributed by atoms with Gasteiger partial charge in [-0.05, 0) is 26.2 Å². The van der Waals surface area contributed by atoms with Gasteiger partial charge in [0.25, 0.3) is 0 Å². The smallest absolute Gasteiger partial charge is 0.223 e. The van der Waals surface area contributed by atoms with E-state index >= 15 is 0 Å². The number of hydrogen-bond donors (Lipinski definition) is 1. The zero-order valence-electron chi connectivity index (χ0n) is 13.3.